The molecule has 3 heteroatoms. The highest BCUT2D eigenvalue weighted by molar-refractivity contribution is 5.29. The Balaban J connectivity index is 2.46. The monoisotopic (exact) mass is 265 g/mol. The summed E-state index contributed by atoms with van der Waals surface area (Å²) < 4.78 is 11.1. The Morgan fingerprint density at radius 2 is 1.68 bits per heavy atom. The Morgan fingerprint density at radius 1 is 1.05 bits per heavy atom. The van der Waals surface area contributed by atoms with E-state index in [0.29, 0.717) is 6.04 Å². The maximum Gasteiger partial charge on any atom is 0.119 e. The van der Waals surface area contributed by atoms with Crippen LogP contribution >= 0.6 is 0 Å². The molecule has 1 aromatic carbocycles. The predicted molar refractivity (Wildman–Crippen MR) is 79.7 cm³/mol. The van der Waals surface area contributed by atoms with Crippen LogP contribution in [0.5, 0.6) is 5.75 Å². The lowest BCUT2D eigenvalue weighted by Gasteiger charge is -2.18. The number of rotatable bonds is 8. The van der Waals surface area contributed by atoms with Gasteiger partial charge in [0, 0.05) is 19.2 Å². The minimum absolute atomic E-state index is 0.216. The lowest BCUT2D eigenvalue weighted by atomic mass is 10.1. The fraction of sp³-hybridized carbons (Fsp3) is 0.625. The summed E-state index contributed by atoms with van der Waals surface area (Å²) in [7, 11) is 0. The van der Waals surface area contributed by atoms with Crippen molar-refractivity contribution in [3.05, 3.63) is 29.8 Å². The fourth-order valence-corrected chi connectivity index (χ4v) is 1.91. The van der Waals surface area contributed by atoms with Crippen molar-refractivity contribution < 1.29 is 9.47 Å². The predicted octanol–water partition coefficient (Wildman–Crippen LogP) is 3.55. The highest BCUT2D eigenvalue weighted by Crippen LogP contribution is 2.18. The largest absolute Gasteiger partial charge is 0.491 e. The second-order valence-corrected chi connectivity index (χ2v) is 5.13. The molecule has 0 radical (unpaired) electrons. The van der Waals surface area contributed by atoms with Crippen LogP contribution in [0.2, 0.25) is 0 Å². The Labute approximate surface area is 117 Å². The summed E-state index contributed by atoms with van der Waals surface area (Å²) in [5, 5.41) is 3.48. The first kappa shape index (κ1) is 16.0. The number of hydrogen-bond donors (Lipinski definition) is 1. The van der Waals surface area contributed by atoms with Gasteiger partial charge >= 0.3 is 0 Å². The van der Waals surface area contributed by atoms with E-state index in [0.717, 1.165) is 18.9 Å². The summed E-state index contributed by atoms with van der Waals surface area (Å²) in [6.07, 6.45) is 0.462. The van der Waals surface area contributed by atoms with Gasteiger partial charge in [-0.25, -0.2) is 0 Å². The van der Waals surface area contributed by atoms with Crippen LogP contribution in [0.1, 0.15) is 46.2 Å². The molecule has 0 aliphatic carbocycles. The lowest BCUT2D eigenvalue weighted by Crippen LogP contribution is -2.29. The molecule has 0 bridgehead atoms. The molecule has 0 fully saturated rings. The minimum atomic E-state index is 0.216. The second kappa shape index (κ2) is 8.18. The van der Waals surface area contributed by atoms with E-state index in [-0.39, 0.29) is 12.2 Å². The molecule has 1 rings (SSSR count). The molecule has 108 valence electrons. The van der Waals surface area contributed by atoms with E-state index in [2.05, 4.69) is 31.3 Å². The molecule has 0 aliphatic heterocycles. The summed E-state index contributed by atoms with van der Waals surface area (Å²) in [5.41, 5.74) is 1.26. The van der Waals surface area contributed by atoms with Crippen LogP contribution in [0.15, 0.2) is 24.3 Å². The minimum Gasteiger partial charge on any atom is -0.491 e. The molecular weight excluding hydrogens is 238 g/mol. The van der Waals surface area contributed by atoms with Gasteiger partial charge in [0.25, 0.3) is 0 Å². The van der Waals surface area contributed by atoms with Crippen molar-refractivity contribution in [2.45, 2.75) is 52.9 Å². The SMILES string of the molecule is CCOC(C)CNC(C)c1ccc(OC(C)C)cc1. The van der Waals surface area contributed by atoms with E-state index in [1.54, 1.807) is 0 Å². The van der Waals surface area contributed by atoms with Gasteiger partial charge in [-0.3, -0.25) is 0 Å². The summed E-state index contributed by atoms with van der Waals surface area (Å²) in [6, 6.07) is 8.59. The van der Waals surface area contributed by atoms with E-state index in [4.69, 9.17) is 9.47 Å². The Hall–Kier alpha value is -1.06. The molecule has 0 saturated carbocycles. The summed E-state index contributed by atoms with van der Waals surface area (Å²) in [5.74, 6) is 0.925. The van der Waals surface area contributed by atoms with Crippen molar-refractivity contribution in [2.75, 3.05) is 13.2 Å². The standard InChI is InChI=1S/C16H27NO2/c1-6-18-13(4)11-17-14(5)15-7-9-16(10-8-15)19-12(2)3/h7-10,12-14,17H,6,11H2,1-5H3. The average Bonchev–Trinajstić information content (AvgIpc) is 2.36. The zero-order valence-electron chi connectivity index (χ0n) is 12.8. The molecule has 0 amide bonds. The molecule has 19 heavy (non-hydrogen) atoms. The normalized spacial score (nSPS) is 14.4. The van der Waals surface area contributed by atoms with E-state index in [1.165, 1.54) is 5.56 Å². The van der Waals surface area contributed by atoms with Crippen LogP contribution in [-0.2, 0) is 4.74 Å². The Bertz CT molecular complexity index is 348. The number of hydrogen-bond acceptors (Lipinski definition) is 3. The molecule has 2 atom stereocenters. The van der Waals surface area contributed by atoms with Crippen molar-refractivity contribution in [3.8, 4) is 5.75 Å². The van der Waals surface area contributed by atoms with E-state index >= 15 is 0 Å². The number of benzene rings is 1. The summed E-state index contributed by atoms with van der Waals surface area (Å²) >= 11 is 0. The zero-order valence-corrected chi connectivity index (χ0v) is 12.8. The summed E-state index contributed by atoms with van der Waals surface area (Å²) in [6.45, 7) is 12.0. The van der Waals surface area contributed by atoms with Gasteiger partial charge in [-0.1, -0.05) is 12.1 Å². The van der Waals surface area contributed by atoms with Crippen LogP contribution in [0.25, 0.3) is 0 Å². The van der Waals surface area contributed by atoms with E-state index in [9.17, 15) is 0 Å². The molecule has 0 saturated heterocycles. The molecule has 0 aromatic heterocycles. The van der Waals surface area contributed by atoms with Crippen molar-refractivity contribution in [3.63, 3.8) is 0 Å². The van der Waals surface area contributed by atoms with Crippen LogP contribution in [0.3, 0.4) is 0 Å². The molecular formula is C16H27NO2. The maximum absolute atomic E-state index is 5.64. The van der Waals surface area contributed by atoms with Gasteiger partial charge in [0.05, 0.1) is 12.2 Å². The Morgan fingerprint density at radius 3 is 2.21 bits per heavy atom. The van der Waals surface area contributed by atoms with Crippen molar-refractivity contribution >= 4 is 0 Å². The highest BCUT2D eigenvalue weighted by atomic mass is 16.5. The van der Waals surface area contributed by atoms with Gasteiger partial charge in [0.1, 0.15) is 5.75 Å². The molecule has 2 unspecified atom stereocenters. The third-order valence-corrected chi connectivity index (χ3v) is 2.91. The third kappa shape index (κ3) is 6.08. The van der Waals surface area contributed by atoms with Gasteiger partial charge < -0.3 is 14.8 Å². The molecule has 1 N–H and O–H groups in total. The molecule has 0 heterocycles. The number of nitrogens with one attached hydrogen (secondary N) is 1. The molecule has 0 aliphatic rings. The van der Waals surface area contributed by atoms with Crippen LogP contribution in [-0.4, -0.2) is 25.4 Å². The van der Waals surface area contributed by atoms with Gasteiger partial charge in [-0.05, 0) is 52.3 Å². The highest BCUT2D eigenvalue weighted by Gasteiger charge is 2.08. The lowest BCUT2D eigenvalue weighted by molar-refractivity contribution is 0.0743. The van der Waals surface area contributed by atoms with Gasteiger partial charge in [-0.15, -0.1) is 0 Å². The van der Waals surface area contributed by atoms with Crippen molar-refractivity contribution in [2.24, 2.45) is 0 Å². The van der Waals surface area contributed by atoms with E-state index < -0.39 is 0 Å². The number of ether oxygens (including phenoxy) is 2. The maximum atomic E-state index is 5.64. The van der Waals surface area contributed by atoms with Crippen LogP contribution < -0.4 is 10.1 Å². The second-order valence-electron chi connectivity index (χ2n) is 5.13. The molecule has 3 nitrogen and oxygen atoms in total. The third-order valence-electron chi connectivity index (χ3n) is 2.91. The van der Waals surface area contributed by atoms with Crippen LogP contribution in [0, 0.1) is 0 Å². The van der Waals surface area contributed by atoms with E-state index in [1.807, 2.05) is 32.9 Å². The molecule has 0 spiro atoms. The van der Waals surface area contributed by atoms with Gasteiger partial charge in [-0.2, -0.15) is 0 Å². The topological polar surface area (TPSA) is 30.5 Å². The van der Waals surface area contributed by atoms with Crippen molar-refractivity contribution in [1.29, 1.82) is 0 Å². The van der Waals surface area contributed by atoms with Crippen LogP contribution in [0.4, 0.5) is 0 Å². The van der Waals surface area contributed by atoms with Crippen molar-refractivity contribution in [1.82, 2.24) is 5.32 Å². The van der Waals surface area contributed by atoms with Gasteiger partial charge in [0.15, 0.2) is 0 Å². The smallest absolute Gasteiger partial charge is 0.119 e. The first-order valence-corrected chi connectivity index (χ1v) is 7.14. The zero-order chi connectivity index (χ0) is 14.3. The quantitative estimate of drug-likeness (QED) is 0.779. The molecule has 1 aromatic rings. The van der Waals surface area contributed by atoms with Gasteiger partial charge in [0.2, 0.25) is 0 Å². The fourth-order valence-electron chi connectivity index (χ4n) is 1.91. The summed E-state index contributed by atoms with van der Waals surface area (Å²) in [4.78, 5) is 0. The first-order chi connectivity index (χ1) is 9.02. The average molecular weight is 265 g/mol. The first-order valence-electron chi connectivity index (χ1n) is 7.14. The Kier molecular flexibility index (Phi) is 6.89.